The highest BCUT2D eigenvalue weighted by Crippen LogP contribution is 2.19. The van der Waals surface area contributed by atoms with E-state index in [2.05, 4.69) is 45.2 Å². The lowest BCUT2D eigenvalue weighted by molar-refractivity contribution is 0.102. The first-order chi connectivity index (χ1) is 12.8. The van der Waals surface area contributed by atoms with Crippen LogP contribution in [-0.4, -0.2) is 56.9 Å². The van der Waals surface area contributed by atoms with Crippen LogP contribution in [0, 0.1) is 7.14 Å². The topological polar surface area (TPSA) is 86.0 Å². The second kappa shape index (κ2) is 8.78. The number of halogens is 2. The zero-order chi connectivity index (χ0) is 19.6. The van der Waals surface area contributed by atoms with Crippen LogP contribution in [0.25, 0.3) is 0 Å². The fourth-order valence-corrected chi connectivity index (χ4v) is 4.80. The highest BCUT2D eigenvalue weighted by molar-refractivity contribution is 14.1. The maximum absolute atomic E-state index is 12.6. The molecule has 1 aromatic carbocycles. The third kappa shape index (κ3) is 4.93. The first-order valence-corrected chi connectivity index (χ1v) is 10.6. The van der Waals surface area contributed by atoms with E-state index in [1.54, 1.807) is 12.3 Å². The number of piperazine rings is 1. The van der Waals surface area contributed by atoms with Gasteiger partial charge in [-0.05, 0) is 68.9 Å². The fraction of sp³-hybridized carbons (Fsp3) is 0.333. The second-order valence-electron chi connectivity index (χ2n) is 6.40. The molecular formula is C18H19I2N3O4. The van der Waals surface area contributed by atoms with Crippen LogP contribution in [-0.2, 0) is 13.1 Å². The molecule has 0 atom stereocenters. The van der Waals surface area contributed by atoms with E-state index in [1.165, 1.54) is 9.47 Å². The Balaban J connectivity index is 1.72. The molecule has 1 aliphatic rings. The molecule has 2 N–H and O–H groups in total. The molecule has 1 aromatic heterocycles. The largest absolute Gasteiger partial charge is 0.503 e. The average molecular weight is 595 g/mol. The minimum absolute atomic E-state index is 0.237. The maximum atomic E-state index is 12.6. The van der Waals surface area contributed by atoms with Gasteiger partial charge in [0.05, 0.1) is 6.54 Å². The number of nitrogens with zero attached hydrogens (tertiary/aromatic N) is 3. The van der Waals surface area contributed by atoms with Crippen LogP contribution in [0.2, 0.25) is 0 Å². The van der Waals surface area contributed by atoms with Crippen LogP contribution >= 0.6 is 45.2 Å². The zero-order valence-corrected chi connectivity index (χ0v) is 18.8. The molecule has 0 saturated carbocycles. The van der Waals surface area contributed by atoms with Crippen molar-refractivity contribution >= 4 is 51.3 Å². The lowest BCUT2D eigenvalue weighted by Gasteiger charge is -2.33. The Morgan fingerprint density at radius 2 is 1.74 bits per heavy atom. The van der Waals surface area contributed by atoms with Crippen LogP contribution in [0.15, 0.2) is 35.3 Å². The first-order valence-electron chi connectivity index (χ1n) is 8.40. The van der Waals surface area contributed by atoms with Gasteiger partial charge < -0.3 is 19.7 Å². The number of hydrogen-bond acceptors (Lipinski definition) is 4. The Kier molecular flexibility index (Phi) is 6.63. The van der Waals surface area contributed by atoms with Crippen LogP contribution in [0.5, 0.6) is 5.75 Å². The van der Waals surface area contributed by atoms with E-state index in [4.69, 9.17) is 5.11 Å². The maximum Gasteiger partial charge on any atom is 0.407 e. The van der Waals surface area contributed by atoms with E-state index in [9.17, 15) is 14.7 Å². The highest BCUT2D eigenvalue weighted by Gasteiger charge is 2.21. The summed E-state index contributed by atoms with van der Waals surface area (Å²) in [4.78, 5) is 26.9. The van der Waals surface area contributed by atoms with Crippen LogP contribution < -0.4 is 5.56 Å². The SMILES string of the molecule is O=C(O)N1CCN(Cc2ccn(Cc3ccc(I)cc3I)c(=O)c2O)CC1. The van der Waals surface area contributed by atoms with Crippen molar-refractivity contribution in [3.63, 3.8) is 0 Å². The number of carboxylic acid groups (broad SMARTS) is 1. The summed E-state index contributed by atoms with van der Waals surface area (Å²) in [6.07, 6.45) is 0.796. The second-order valence-corrected chi connectivity index (χ2v) is 8.81. The number of hydrogen-bond donors (Lipinski definition) is 2. The van der Waals surface area contributed by atoms with Gasteiger partial charge in [-0.2, -0.15) is 0 Å². The smallest absolute Gasteiger partial charge is 0.407 e. The van der Waals surface area contributed by atoms with E-state index in [-0.39, 0.29) is 5.75 Å². The average Bonchev–Trinajstić information content (AvgIpc) is 2.63. The van der Waals surface area contributed by atoms with Gasteiger partial charge in [-0.1, -0.05) is 6.07 Å². The number of aromatic hydroxyl groups is 1. The zero-order valence-electron chi connectivity index (χ0n) is 14.4. The number of amides is 1. The molecule has 0 unspecified atom stereocenters. The number of pyridine rings is 1. The third-order valence-corrected chi connectivity index (χ3v) is 6.29. The van der Waals surface area contributed by atoms with Gasteiger partial charge in [0, 0.05) is 51.6 Å². The standard InChI is InChI=1S/C18H19I2N3O4/c19-14-2-1-12(15(20)9-14)11-23-4-3-13(16(24)17(23)25)10-21-5-7-22(8-6-21)18(26)27/h1-4,9,24H,5-8,10-11H2,(H,26,27). The highest BCUT2D eigenvalue weighted by atomic mass is 127. The summed E-state index contributed by atoms with van der Waals surface area (Å²) in [7, 11) is 0. The van der Waals surface area contributed by atoms with Crippen molar-refractivity contribution in [1.29, 1.82) is 0 Å². The molecule has 7 nitrogen and oxygen atoms in total. The molecule has 1 fully saturated rings. The molecule has 0 radical (unpaired) electrons. The molecule has 1 saturated heterocycles. The molecule has 0 spiro atoms. The van der Waals surface area contributed by atoms with Crippen molar-refractivity contribution in [1.82, 2.24) is 14.4 Å². The molecule has 1 amide bonds. The molecule has 0 aliphatic carbocycles. The van der Waals surface area contributed by atoms with E-state index < -0.39 is 11.7 Å². The van der Waals surface area contributed by atoms with Gasteiger partial charge in [-0.25, -0.2) is 4.79 Å². The Hall–Kier alpha value is -1.34. The predicted molar refractivity (Wildman–Crippen MR) is 118 cm³/mol. The summed E-state index contributed by atoms with van der Waals surface area (Å²) in [5.41, 5.74) is 1.18. The molecule has 3 rings (SSSR count). The molecule has 27 heavy (non-hydrogen) atoms. The monoisotopic (exact) mass is 595 g/mol. The fourth-order valence-electron chi connectivity index (χ4n) is 3.02. The molecule has 2 aromatic rings. The number of aromatic nitrogens is 1. The van der Waals surface area contributed by atoms with Gasteiger partial charge in [0.25, 0.3) is 5.56 Å². The van der Waals surface area contributed by atoms with E-state index in [0.29, 0.717) is 44.8 Å². The van der Waals surface area contributed by atoms with E-state index in [0.717, 1.165) is 12.7 Å². The van der Waals surface area contributed by atoms with Crippen molar-refractivity contribution in [2.24, 2.45) is 0 Å². The Bertz CT molecular complexity index is 908. The Morgan fingerprint density at radius 3 is 2.37 bits per heavy atom. The van der Waals surface area contributed by atoms with Crippen molar-refractivity contribution in [3.8, 4) is 5.75 Å². The van der Waals surface area contributed by atoms with Gasteiger partial charge in [-0.3, -0.25) is 9.69 Å². The van der Waals surface area contributed by atoms with Crippen molar-refractivity contribution in [2.45, 2.75) is 13.1 Å². The molecule has 144 valence electrons. The quantitative estimate of drug-likeness (QED) is 0.532. The van der Waals surface area contributed by atoms with Gasteiger partial charge >= 0.3 is 6.09 Å². The molecule has 0 bridgehead atoms. The normalized spacial score (nSPS) is 15.1. The van der Waals surface area contributed by atoms with Crippen molar-refractivity contribution in [3.05, 3.63) is 59.1 Å². The minimum atomic E-state index is -0.912. The molecule has 2 heterocycles. The Morgan fingerprint density at radius 1 is 1.04 bits per heavy atom. The summed E-state index contributed by atoms with van der Waals surface area (Å²) in [5.74, 6) is -0.237. The van der Waals surface area contributed by atoms with Gasteiger partial charge in [0.2, 0.25) is 0 Å². The Labute approximate surface area is 183 Å². The number of benzene rings is 1. The lowest BCUT2D eigenvalue weighted by Crippen LogP contribution is -2.47. The first kappa shape index (κ1) is 20.4. The van der Waals surface area contributed by atoms with Crippen LogP contribution in [0.3, 0.4) is 0 Å². The van der Waals surface area contributed by atoms with Crippen LogP contribution in [0.1, 0.15) is 11.1 Å². The molecule has 9 heteroatoms. The summed E-state index contributed by atoms with van der Waals surface area (Å²) < 4.78 is 3.71. The number of carbonyl (C=O) groups is 1. The summed E-state index contributed by atoms with van der Waals surface area (Å²) in [6.45, 7) is 2.84. The molecular weight excluding hydrogens is 576 g/mol. The summed E-state index contributed by atoms with van der Waals surface area (Å²) >= 11 is 4.49. The number of rotatable bonds is 4. The minimum Gasteiger partial charge on any atom is -0.503 e. The molecule has 1 aliphatic heterocycles. The van der Waals surface area contributed by atoms with Gasteiger partial charge in [0.1, 0.15) is 0 Å². The van der Waals surface area contributed by atoms with Gasteiger partial charge in [-0.15, -0.1) is 0 Å². The van der Waals surface area contributed by atoms with Crippen molar-refractivity contribution in [2.75, 3.05) is 26.2 Å². The van der Waals surface area contributed by atoms with Gasteiger partial charge in [0.15, 0.2) is 5.75 Å². The van der Waals surface area contributed by atoms with E-state index >= 15 is 0 Å². The van der Waals surface area contributed by atoms with Crippen molar-refractivity contribution < 1.29 is 15.0 Å². The summed E-state index contributed by atoms with van der Waals surface area (Å²) in [5, 5.41) is 19.4. The summed E-state index contributed by atoms with van der Waals surface area (Å²) in [6, 6.07) is 7.79. The van der Waals surface area contributed by atoms with Crippen LogP contribution in [0.4, 0.5) is 4.79 Å². The lowest BCUT2D eigenvalue weighted by atomic mass is 10.2. The third-order valence-electron chi connectivity index (χ3n) is 4.62. The predicted octanol–water partition coefficient (Wildman–Crippen LogP) is 2.61. The van der Waals surface area contributed by atoms with E-state index in [1.807, 2.05) is 23.1 Å².